The zero-order chi connectivity index (χ0) is 24.8. The quantitative estimate of drug-likeness (QED) is 0.235. The van der Waals surface area contributed by atoms with Crippen LogP contribution in [0, 0.1) is 6.92 Å². The van der Waals surface area contributed by atoms with Crippen LogP contribution in [-0.4, -0.2) is 40.8 Å². The summed E-state index contributed by atoms with van der Waals surface area (Å²) in [6.07, 6.45) is 0. The van der Waals surface area contributed by atoms with Crippen molar-refractivity contribution in [2.75, 3.05) is 0 Å². The Labute approximate surface area is 192 Å². The van der Waals surface area contributed by atoms with Crippen LogP contribution in [0.1, 0.15) is 5.69 Å². The summed E-state index contributed by atoms with van der Waals surface area (Å²) in [6, 6.07) is 11.4. The highest BCUT2D eigenvalue weighted by atomic mass is 32.2. The molecule has 0 aliphatic carbocycles. The fourth-order valence-electron chi connectivity index (χ4n) is 3.23. The molecule has 1 aromatic heterocycles. The molecule has 0 spiro atoms. The molecule has 0 fully saturated rings. The summed E-state index contributed by atoms with van der Waals surface area (Å²) in [5.74, 6) is -0.360. The van der Waals surface area contributed by atoms with Gasteiger partial charge in [-0.05, 0) is 60.8 Å². The van der Waals surface area contributed by atoms with E-state index in [1.807, 2.05) is 0 Å². The normalized spacial score (nSPS) is 12.6. The lowest BCUT2D eigenvalue weighted by molar-refractivity contribution is 0.471. The van der Waals surface area contributed by atoms with Crippen LogP contribution < -0.4 is 5.56 Å². The lowest BCUT2D eigenvalue weighted by Gasteiger charge is -2.07. The average molecular weight is 505 g/mol. The van der Waals surface area contributed by atoms with Crippen molar-refractivity contribution in [1.29, 1.82) is 0 Å². The minimum atomic E-state index is -4.56. The van der Waals surface area contributed by atoms with Gasteiger partial charge in [-0.25, -0.2) is 4.68 Å². The Morgan fingerprint density at radius 1 is 0.853 bits per heavy atom. The molecule has 0 radical (unpaired) electrons. The number of fused-ring (bicyclic) bond motifs is 1. The smallest absolute Gasteiger partial charge is 0.299 e. The number of aromatic hydroxyl groups is 1. The third-order valence-electron chi connectivity index (χ3n) is 4.88. The number of nitrogens with zero attached hydrogens (tertiary/aromatic N) is 3. The van der Waals surface area contributed by atoms with Crippen LogP contribution >= 0.6 is 0 Å². The molecule has 34 heavy (non-hydrogen) atoms. The second-order valence-corrected chi connectivity index (χ2v) is 10.1. The van der Waals surface area contributed by atoms with Gasteiger partial charge in [0.25, 0.3) is 25.8 Å². The second kappa shape index (κ2) is 8.18. The molecule has 0 unspecified atom stereocenters. The highest BCUT2D eigenvalue weighted by molar-refractivity contribution is 7.86. The summed E-state index contributed by atoms with van der Waals surface area (Å²) in [4.78, 5) is 12.1. The zero-order valence-electron chi connectivity index (χ0n) is 17.2. The van der Waals surface area contributed by atoms with Crippen molar-refractivity contribution in [3.05, 3.63) is 70.6 Å². The van der Waals surface area contributed by atoms with Gasteiger partial charge in [0.2, 0.25) is 0 Å². The van der Waals surface area contributed by atoms with Gasteiger partial charge in [-0.3, -0.25) is 19.0 Å². The minimum Gasteiger partial charge on any atom is -0.507 e. The van der Waals surface area contributed by atoms with Gasteiger partial charge in [-0.15, -0.1) is 5.11 Å². The second-order valence-electron chi connectivity index (χ2n) is 7.22. The minimum absolute atomic E-state index is 0.0338. The van der Waals surface area contributed by atoms with Crippen LogP contribution in [0.4, 0.5) is 11.4 Å². The molecule has 0 aliphatic rings. The Balaban J connectivity index is 1.73. The van der Waals surface area contributed by atoms with Crippen molar-refractivity contribution in [3.8, 4) is 11.4 Å². The molecule has 12 nitrogen and oxygen atoms in total. The first-order valence-electron chi connectivity index (χ1n) is 9.40. The molecule has 14 heteroatoms. The maximum Gasteiger partial charge on any atom is 0.299 e. The van der Waals surface area contributed by atoms with E-state index in [0.29, 0.717) is 16.8 Å². The van der Waals surface area contributed by atoms with Gasteiger partial charge < -0.3 is 5.11 Å². The average Bonchev–Trinajstić information content (AvgIpc) is 3.04. The number of aromatic amines is 1. The Morgan fingerprint density at radius 3 is 2.12 bits per heavy atom. The number of azo groups is 1. The number of H-pyrrole nitrogens is 1. The topological polar surface area (TPSA) is 191 Å². The molecule has 4 aromatic rings. The molecule has 176 valence electrons. The predicted molar refractivity (Wildman–Crippen MR) is 121 cm³/mol. The molecule has 0 amide bonds. The van der Waals surface area contributed by atoms with E-state index in [0.717, 1.165) is 28.9 Å². The molecular formula is C20H16N4O8S2. The Morgan fingerprint density at radius 2 is 1.50 bits per heavy atom. The van der Waals surface area contributed by atoms with Crippen LogP contribution in [-0.2, 0) is 20.2 Å². The van der Waals surface area contributed by atoms with Gasteiger partial charge in [0, 0.05) is 11.5 Å². The molecule has 0 saturated heterocycles. The number of hydrogen-bond acceptors (Lipinski definition) is 8. The predicted octanol–water partition coefficient (Wildman–Crippen LogP) is 3.24. The van der Waals surface area contributed by atoms with E-state index in [9.17, 15) is 31.3 Å². The van der Waals surface area contributed by atoms with Crippen molar-refractivity contribution in [1.82, 2.24) is 9.78 Å². The van der Waals surface area contributed by atoms with E-state index in [-0.39, 0.29) is 27.4 Å². The van der Waals surface area contributed by atoms with E-state index in [1.165, 1.54) is 30.3 Å². The third-order valence-corrected chi connectivity index (χ3v) is 6.58. The first-order chi connectivity index (χ1) is 15.8. The molecule has 4 N–H and O–H groups in total. The monoisotopic (exact) mass is 504 g/mol. The molecule has 0 saturated carbocycles. The van der Waals surface area contributed by atoms with Gasteiger partial charge in [0.15, 0.2) is 5.69 Å². The van der Waals surface area contributed by atoms with E-state index in [2.05, 4.69) is 15.3 Å². The highest BCUT2D eigenvalue weighted by Crippen LogP contribution is 2.30. The molecule has 0 bridgehead atoms. The summed E-state index contributed by atoms with van der Waals surface area (Å²) >= 11 is 0. The number of benzene rings is 3. The summed E-state index contributed by atoms with van der Waals surface area (Å²) in [5, 5.41) is 21.3. The van der Waals surface area contributed by atoms with Crippen LogP contribution in [0.25, 0.3) is 16.5 Å². The Bertz CT molecular complexity index is 1740. The highest BCUT2D eigenvalue weighted by Gasteiger charge is 2.16. The van der Waals surface area contributed by atoms with Crippen LogP contribution in [0.2, 0.25) is 0 Å². The zero-order valence-corrected chi connectivity index (χ0v) is 18.9. The first-order valence-corrected chi connectivity index (χ1v) is 12.3. The van der Waals surface area contributed by atoms with Gasteiger partial charge in [0.1, 0.15) is 5.75 Å². The first kappa shape index (κ1) is 23.3. The summed E-state index contributed by atoms with van der Waals surface area (Å²) < 4.78 is 64.6. The van der Waals surface area contributed by atoms with Crippen molar-refractivity contribution in [2.45, 2.75) is 16.7 Å². The summed E-state index contributed by atoms with van der Waals surface area (Å²) in [6.45, 7) is 1.58. The molecule has 0 atom stereocenters. The van der Waals surface area contributed by atoms with Gasteiger partial charge in [-0.2, -0.15) is 21.9 Å². The lowest BCUT2D eigenvalue weighted by atomic mass is 10.1. The van der Waals surface area contributed by atoms with Crippen LogP contribution in [0.15, 0.2) is 79.4 Å². The van der Waals surface area contributed by atoms with E-state index >= 15 is 0 Å². The number of hydrogen-bond donors (Lipinski definition) is 4. The molecule has 1 heterocycles. The maximum atomic E-state index is 12.9. The van der Waals surface area contributed by atoms with Crippen molar-refractivity contribution in [3.63, 3.8) is 0 Å². The van der Waals surface area contributed by atoms with Crippen LogP contribution in [0.5, 0.6) is 5.75 Å². The van der Waals surface area contributed by atoms with Crippen molar-refractivity contribution in [2.24, 2.45) is 10.2 Å². The summed E-state index contributed by atoms with van der Waals surface area (Å²) in [5.41, 5.74) is 0.279. The van der Waals surface area contributed by atoms with Crippen molar-refractivity contribution < 1.29 is 31.0 Å². The molecular weight excluding hydrogens is 488 g/mol. The van der Waals surface area contributed by atoms with Crippen LogP contribution in [0.3, 0.4) is 0 Å². The van der Waals surface area contributed by atoms with Gasteiger partial charge in [0.05, 0.1) is 26.9 Å². The number of aryl methyl sites for hydroxylation is 1. The number of phenols is 1. The van der Waals surface area contributed by atoms with E-state index in [4.69, 9.17) is 4.55 Å². The number of phenolic OH excluding ortho intramolecular Hbond substituents is 1. The fourth-order valence-corrected chi connectivity index (χ4v) is 4.24. The summed E-state index contributed by atoms with van der Waals surface area (Å²) in [7, 11) is -8.91. The number of nitrogens with one attached hydrogen (secondary N) is 1. The molecule has 0 aliphatic heterocycles. The van der Waals surface area contributed by atoms with Gasteiger partial charge in [-0.1, -0.05) is 0 Å². The SMILES string of the molecule is Cc1[nH]n(-c2ccc3c(O)cc(S(=O)(=O)O)cc3c2)c(=O)c1N=Nc1ccc(S(=O)(=O)O)cc1. The molecule has 3 aromatic carbocycles. The standard InChI is InChI=1S/C20H16N4O8S2/c1-11-19(22-21-13-2-5-15(6-3-13)33(27,28)29)20(26)24(23-11)14-4-7-17-12(8-14)9-16(10-18(17)25)34(30,31)32/h2-10,23,25H,1H3,(H,27,28,29)(H,30,31,32). The Kier molecular flexibility index (Phi) is 5.61. The van der Waals surface area contributed by atoms with E-state index in [1.54, 1.807) is 6.92 Å². The fraction of sp³-hybridized carbons (Fsp3) is 0.0500. The lowest BCUT2D eigenvalue weighted by Crippen LogP contribution is -2.14. The Hall–Kier alpha value is -3.85. The maximum absolute atomic E-state index is 12.9. The van der Waals surface area contributed by atoms with Gasteiger partial charge >= 0.3 is 0 Å². The van der Waals surface area contributed by atoms with E-state index < -0.39 is 30.7 Å². The van der Waals surface area contributed by atoms with Crippen molar-refractivity contribution >= 4 is 42.4 Å². The largest absolute Gasteiger partial charge is 0.507 e. The number of aromatic nitrogens is 2. The third kappa shape index (κ3) is 4.47. The number of rotatable bonds is 5. The molecule has 4 rings (SSSR count).